The van der Waals surface area contributed by atoms with Crippen LogP contribution in [-0.2, 0) is 4.79 Å². The van der Waals surface area contributed by atoms with Crippen LogP contribution in [0.4, 0.5) is 4.79 Å². The summed E-state index contributed by atoms with van der Waals surface area (Å²) in [5.74, 6) is -1.02. The first kappa shape index (κ1) is 13.5. The maximum Gasteiger partial charge on any atom is 0.326 e. The van der Waals surface area contributed by atoms with Gasteiger partial charge in [-0.1, -0.05) is 32.9 Å². The number of hydrogen-bond acceptors (Lipinski definition) is 2. The Kier molecular flexibility index (Phi) is 4.15. The first-order chi connectivity index (χ1) is 7.80. The molecule has 1 aliphatic rings. The fourth-order valence-electron chi connectivity index (χ4n) is 1.74. The lowest BCUT2D eigenvalue weighted by Gasteiger charge is -2.28. The summed E-state index contributed by atoms with van der Waals surface area (Å²) < 4.78 is 0. The third-order valence-electron chi connectivity index (χ3n) is 2.73. The van der Waals surface area contributed by atoms with Crippen molar-refractivity contribution in [2.45, 2.75) is 45.7 Å². The van der Waals surface area contributed by atoms with E-state index >= 15 is 0 Å². The molecule has 5 heteroatoms. The van der Waals surface area contributed by atoms with E-state index in [0.29, 0.717) is 0 Å². The Morgan fingerprint density at radius 1 is 1.29 bits per heavy atom. The van der Waals surface area contributed by atoms with Crippen molar-refractivity contribution in [2.24, 2.45) is 5.41 Å². The van der Waals surface area contributed by atoms with Crippen LogP contribution in [0.3, 0.4) is 0 Å². The molecule has 0 fully saturated rings. The van der Waals surface area contributed by atoms with Gasteiger partial charge >= 0.3 is 12.0 Å². The second-order valence-corrected chi connectivity index (χ2v) is 5.39. The highest BCUT2D eigenvalue weighted by atomic mass is 16.4. The van der Waals surface area contributed by atoms with E-state index in [9.17, 15) is 9.59 Å². The summed E-state index contributed by atoms with van der Waals surface area (Å²) in [5.41, 5.74) is -0.517. The Bertz CT molecular complexity index is 323. The van der Waals surface area contributed by atoms with E-state index in [-0.39, 0.29) is 6.04 Å². The van der Waals surface area contributed by atoms with Gasteiger partial charge in [-0.3, -0.25) is 0 Å². The van der Waals surface area contributed by atoms with Crippen molar-refractivity contribution in [3.8, 4) is 0 Å². The molecule has 0 saturated heterocycles. The number of nitrogens with one attached hydrogen (secondary N) is 2. The number of hydrogen-bond donors (Lipinski definition) is 3. The molecule has 0 unspecified atom stereocenters. The van der Waals surface area contributed by atoms with Gasteiger partial charge in [-0.15, -0.1) is 0 Å². The predicted octanol–water partition coefficient (Wildman–Crippen LogP) is 1.50. The minimum atomic E-state index is -1.02. The molecule has 0 heterocycles. The number of amides is 2. The van der Waals surface area contributed by atoms with Gasteiger partial charge < -0.3 is 15.7 Å². The first-order valence-electron chi connectivity index (χ1n) is 5.75. The van der Waals surface area contributed by atoms with Crippen LogP contribution in [0.1, 0.15) is 33.6 Å². The summed E-state index contributed by atoms with van der Waals surface area (Å²) in [5, 5.41) is 14.3. The van der Waals surface area contributed by atoms with Crippen LogP contribution in [-0.4, -0.2) is 29.2 Å². The monoisotopic (exact) mass is 240 g/mol. The van der Waals surface area contributed by atoms with Crippen LogP contribution in [0.25, 0.3) is 0 Å². The average Bonchev–Trinajstić information content (AvgIpc) is 2.64. The molecule has 0 spiro atoms. The molecule has 0 bridgehead atoms. The molecule has 17 heavy (non-hydrogen) atoms. The van der Waals surface area contributed by atoms with Crippen LogP contribution in [0.15, 0.2) is 12.2 Å². The second kappa shape index (κ2) is 5.21. The zero-order valence-electron chi connectivity index (χ0n) is 10.5. The Morgan fingerprint density at radius 3 is 2.24 bits per heavy atom. The molecule has 2 amide bonds. The maximum absolute atomic E-state index is 11.6. The van der Waals surface area contributed by atoms with E-state index in [1.165, 1.54) is 0 Å². The van der Waals surface area contributed by atoms with E-state index in [1.807, 2.05) is 12.2 Å². The van der Waals surface area contributed by atoms with E-state index < -0.39 is 23.5 Å². The third-order valence-corrected chi connectivity index (χ3v) is 2.73. The van der Waals surface area contributed by atoms with Gasteiger partial charge in [0.2, 0.25) is 0 Å². The molecule has 1 atom stereocenters. The smallest absolute Gasteiger partial charge is 0.326 e. The van der Waals surface area contributed by atoms with Crippen LogP contribution in [0.5, 0.6) is 0 Å². The molecular formula is C12H20N2O3. The molecule has 3 N–H and O–H groups in total. The maximum atomic E-state index is 11.6. The van der Waals surface area contributed by atoms with Gasteiger partial charge in [0.05, 0.1) is 0 Å². The van der Waals surface area contributed by atoms with Gasteiger partial charge in [0.15, 0.2) is 0 Å². The highest BCUT2D eigenvalue weighted by molar-refractivity contribution is 5.83. The number of carbonyl (C=O) groups excluding carboxylic acids is 1. The summed E-state index contributed by atoms with van der Waals surface area (Å²) in [6.07, 6.45) is 5.62. The van der Waals surface area contributed by atoms with Gasteiger partial charge in [-0.2, -0.15) is 0 Å². The predicted molar refractivity (Wildman–Crippen MR) is 64.7 cm³/mol. The number of carbonyl (C=O) groups is 2. The highest BCUT2D eigenvalue weighted by Gasteiger charge is 2.32. The molecule has 0 aromatic carbocycles. The number of carboxylic acid groups (broad SMARTS) is 1. The second-order valence-electron chi connectivity index (χ2n) is 5.39. The van der Waals surface area contributed by atoms with Crippen molar-refractivity contribution in [1.82, 2.24) is 10.6 Å². The number of urea groups is 1. The number of carboxylic acids is 1. The Morgan fingerprint density at radius 2 is 1.82 bits per heavy atom. The fourth-order valence-corrected chi connectivity index (χ4v) is 1.74. The molecular weight excluding hydrogens is 220 g/mol. The number of aliphatic carboxylic acids is 1. The van der Waals surface area contributed by atoms with Crippen molar-refractivity contribution in [1.29, 1.82) is 0 Å². The first-order valence-corrected chi connectivity index (χ1v) is 5.75. The van der Waals surface area contributed by atoms with Crippen LogP contribution < -0.4 is 10.6 Å². The minimum Gasteiger partial charge on any atom is -0.480 e. The zero-order valence-corrected chi connectivity index (χ0v) is 10.5. The minimum absolute atomic E-state index is 0.0874. The average molecular weight is 240 g/mol. The summed E-state index contributed by atoms with van der Waals surface area (Å²) in [7, 11) is 0. The van der Waals surface area contributed by atoms with Crippen LogP contribution >= 0.6 is 0 Å². The Balaban J connectivity index is 2.49. The van der Waals surface area contributed by atoms with Crippen molar-refractivity contribution < 1.29 is 14.7 Å². The molecule has 5 nitrogen and oxygen atoms in total. The zero-order chi connectivity index (χ0) is 13.1. The molecule has 1 rings (SSSR count). The molecule has 96 valence electrons. The highest BCUT2D eigenvalue weighted by Crippen LogP contribution is 2.19. The molecule has 0 aliphatic heterocycles. The molecule has 0 saturated carbocycles. The Hall–Kier alpha value is -1.52. The van der Waals surface area contributed by atoms with Crippen molar-refractivity contribution >= 4 is 12.0 Å². The van der Waals surface area contributed by atoms with Gasteiger partial charge in [0.25, 0.3) is 0 Å². The van der Waals surface area contributed by atoms with E-state index in [4.69, 9.17) is 5.11 Å². The third kappa shape index (κ3) is 4.09. The van der Waals surface area contributed by atoms with Crippen LogP contribution in [0.2, 0.25) is 0 Å². The van der Waals surface area contributed by atoms with E-state index in [0.717, 1.165) is 12.8 Å². The SMILES string of the molecule is CC(C)(C)[C@@H](NC(=O)NC1CC=CC1)C(=O)O. The summed E-state index contributed by atoms with van der Waals surface area (Å²) in [6.45, 7) is 5.34. The normalized spacial score (nSPS) is 17.8. The van der Waals surface area contributed by atoms with Crippen molar-refractivity contribution in [3.63, 3.8) is 0 Å². The quantitative estimate of drug-likeness (QED) is 0.654. The van der Waals surface area contributed by atoms with E-state index in [2.05, 4.69) is 10.6 Å². The van der Waals surface area contributed by atoms with Gasteiger partial charge in [-0.05, 0) is 18.3 Å². The summed E-state index contributed by atoms with van der Waals surface area (Å²) >= 11 is 0. The lowest BCUT2D eigenvalue weighted by molar-refractivity contribution is -0.141. The lowest BCUT2D eigenvalue weighted by Crippen LogP contribution is -2.53. The number of rotatable bonds is 3. The molecule has 0 radical (unpaired) electrons. The lowest BCUT2D eigenvalue weighted by atomic mass is 9.87. The summed E-state index contributed by atoms with van der Waals surface area (Å²) in [6, 6.07) is -1.22. The molecule has 0 aromatic rings. The standard InChI is InChI=1S/C12H20N2O3/c1-12(2,3)9(10(15)16)14-11(17)13-8-6-4-5-7-8/h4-5,8-9H,6-7H2,1-3H3,(H,15,16)(H2,13,14,17)/t9-/m0/s1. The van der Waals surface area contributed by atoms with Crippen LogP contribution in [0, 0.1) is 5.41 Å². The fraction of sp³-hybridized carbons (Fsp3) is 0.667. The molecule has 0 aromatic heterocycles. The van der Waals surface area contributed by atoms with Gasteiger partial charge in [0.1, 0.15) is 6.04 Å². The van der Waals surface area contributed by atoms with Crippen molar-refractivity contribution in [3.05, 3.63) is 12.2 Å². The summed E-state index contributed by atoms with van der Waals surface area (Å²) in [4.78, 5) is 22.7. The Labute approximate surface area is 101 Å². The molecule has 1 aliphatic carbocycles. The van der Waals surface area contributed by atoms with Gasteiger partial charge in [-0.25, -0.2) is 9.59 Å². The largest absolute Gasteiger partial charge is 0.480 e. The topological polar surface area (TPSA) is 78.4 Å². The van der Waals surface area contributed by atoms with Gasteiger partial charge in [0, 0.05) is 6.04 Å². The van der Waals surface area contributed by atoms with Crippen molar-refractivity contribution in [2.75, 3.05) is 0 Å². The van der Waals surface area contributed by atoms with E-state index in [1.54, 1.807) is 20.8 Å².